The Labute approximate surface area is 162 Å². The number of imidazole rings is 1. The van der Waals surface area contributed by atoms with Gasteiger partial charge in [-0.05, 0) is 0 Å². The van der Waals surface area contributed by atoms with Crippen LogP contribution in [0.1, 0.15) is 38.8 Å². The van der Waals surface area contributed by atoms with E-state index in [-0.39, 0.29) is 25.3 Å². The Balaban J connectivity index is 1.99. The minimum absolute atomic E-state index is 0.143. The van der Waals surface area contributed by atoms with Crippen molar-refractivity contribution in [2.24, 2.45) is 16.9 Å². The van der Waals surface area contributed by atoms with Crippen molar-refractivity contribution in [3.8, 4) is 0 Å². The highest BCUT2D eigenvalue weighted by molar-refractivity contribution is 5.98. The number of imide groups is 1. The van der Waals surface area contributed by atoms with Crippen LogP contribution < -0.4 is 16.8 Å². The summed E-state index contributed by atoms with van der Waals surface area (Å²) in [7, 11) is 0. The van der Waals surface area contributed by atoms with E-state index in [1.54, 1.807) is 20.0 Å². The number of amides is 4. The molecular formula is C18H27N6O4+. The molecule has 0 radical (unpaired) electrons. The lowest BCUT2D eigenvalue weighted by Gasteiger charge is -2.38. The molecule has 2 aliphatic heterocycles. The SMILES string of the molecule is CC1(C)CC(=O)N[C@@H]1C(=O)[N+]1(C(=O)[C@@H](N)Cc2cnc[nH]2)CCC[C@H]1C(N)=O. The summed E-state index contributed by atoms with van der Waals surface area (Å²) >= 11 is 0. The van der Waals surface area contributed by atoms with Crippen LogP contribution in [-0.4, -0.2) is 62.7 Å². The molecule has 3 rings (SSSR count). The fraction of sp³-hybridized carbons (Fsp3) is 0.611. The molecule has 1 aromatic heterocycles. The number of carbonyl (C=O) groups excluding carboxylic acids is 4. The molecule has 152 valence electrons. The Morgan fingerprint density at radius 2 is 2.11 bits per heavy atom. The molecule has 1 unspecified atom stereocenters. The van der Waals surface area contributed by atoms with E-state index in [1.807, 2.05) is 0 Å². The Bertz CT molecular complexity index is 805. The second-order valence-electron chi connectivity index (χ2n) is 8.38. The van der Waals surface area contributed by atoms with Crippen LogP contribution in [0, 0.1) is 5.41 Å². The van der Waals surface area contributed by atoms with Gasteiger partial charge in [0.2, 0.25) is 5.91 Å². The summed E-state index contributed by atoms with van der Waals surface area (Å²) < 4.78 is -0.737. The van der Waals surface area contributed by atoms with Gasteiger partial charge in [0.1, 0.15) is 6.04 Å². The Morgan fingerprint density at radius 1 is 1.39 bits per heavy atom. The van der Waals surface area contributed by atoms with Crippen molar-refractivity contribution in [1.29, 1.82) is 0 Å². The van der Waals surface area contributed by atoms with Gasteiger partial charge in [-0.2, -0.15) is 4.48 Å². The number of likely N-dealkylation sites (tertiary alicyclic amines) is 1. The highest BCUT2D eigenvalue weighted by Crippen LogP contribution is 2.37. The fourth-order valence-electron chi connectivity index (χ4n) is 4.47. The molecule has 0 spiro atoms. The van der Waals surface area contributed by atoms with Gasteiger partial charge in [0, 0.05) is 43.0 Å². The molecule has 0 aliphatic carbocycles. The molecule has 0 bridgehead atoms. The van der Waals surface area contributed by atoms with Gasteiger partial charge in [-0.25, -0.2) is 14.6 Å². The zero-order valence-corrected chi connectivity index (χ0v) is 16.1. The third kappa shape index (κ3) is 3.22. The Hall–Kier alpha value is -2.59. The van der Waals surface area contributed by atoms with Gasteiger partial charge in [-0.1, -0.05) is 13.8 Å². The molecule has 4 amide bonds. The topological polar surface area (TPSA) is 161 Å². The first-order valence-corrected chi connectivity index (χ1v) is 9.37. The van der Waals surface area contributed by atoms with E-state index in [1.165, 1.54) is 6.33 Å². The van der Waals surface area contributed by atoms with Crippen molar-refractivity contribution in [3.05, 3.63) is 18.2 Å². The highest BCUT2D eigenvalue weighted by atomic mass is 16.2. The maximum Gasteiger partial charge on any atom is 0.344 e. The van der Waals surface area contributed by atoms with Crippen LogP contribution >= 0.6 is 0 Å². The number of hydrogen-bond acceptors (Lipinski definition) is 6. The first kappa shape index (κ1) is 20.2. The van der Waals surface area contributed by atoms with E-state index < -0.39 is 45.7 Å². The number of aromatic amines is 1. The van der Waals surface area contributed by atoms with Crippen molar-refractivity contribution >= 4 is 23.6 Å². The summed E-state index contributed by atoms with van der Waals surface area (Å²) in [6, 6.07) is -2.89. The first-order valence-electron chi connectivity index (χ1n) is 9.37. The number of primary amides is 1. The minimum atomic E-state index is -1.02. The molecule has 1 aromatic rings. The number of aromatic nitrogens is 2. The number of quaternary nitrogens is 1. The van der Waals surface area contributed by atoms with E-state index >= 15 is 0 Å². The number of H-pyrrole nitrogens is 1. The van der Waals surface area contributed by atoms with Gasteiger partial charge in [0.15, 0.2) is 12.1 Å². The average Bonchev–Trinajstić information content (AvgIpc) is 3.32. The van der Waals surface area contributed by atoms with Crippen LogP contribution in [0.4, 0.5) is 0 Å². The average molecular weight is 391 g/mol. The number of carbonyl (C=O) groups is 4. The van der Waals surface area contributed by atoms with E-state index in [0.29, 0.717) is 18.5 Å². The second kappa shape index (κ2) is 7.10. The normalized spacial score (nSPS) is 30.0. The van der Waals surface area contributed by atoms with Crippen LogP contribution in [0.15, 0.2) is 12.5 Å². The van der Waals surface area contributed by atoms with Crippen molar-refractivity contribution < 1.29 is 23.7 Å². The number of rotatable bonds is 5. The van der Waals surface area contributed by atoms with E-state index in [9.17, 15) is 19.2 Å². The van der Waals surface area contributed by atoms with Crippen LogP contribution in [0.5, 0.6) is 0 Å². The molecule has 2 aliphatic rings. The van der Waals surface area contributed by atoms with Crippen LogP contribution in [0.3, 0.4) is 0 Å². The minimum Gasteiger partial charge on any atom is -0.364 e. The highest BCUT2D eigenvalue weighted by Gasteiger charge is 2.62. The maximum atomic E-state index is 13.6. The summed E-state index contributed by atoms with van der Waals surface area (Å²) in [5.74, 6) is -2.04. The largest absolute Gasteiger partial charge is 0.364 e. The molecule has 0 saturated carbocycles. The number of hydrogen-bond donors (Lipinski definition) is 4. The number of nitrogens with two attached hydrogens (primary N) is 2. The lowest BCUT2D eigenvalue weighted by atomic mass is 9.83. The third-order valence-corrected chi connectivity index (χ3v) is 5.90. The smallest absolute Gasteiger partial charge is 0.344 e. The van der Waals surface area contributed by atoms with Gasteiger partial charge >= 0.3 is 11.8 Å². The van der Waals surface area contributed by atoms with Gasteiger partial charge in [0.25, 0.3) is 5.91 Å². The summed E-state index contributed by atoms with van der Waals surface area (Å²) in [6.45, 7) is 3.72. The van der Waals surface area contributed by atoms with Crippen LogP contribution in [-0.2, 0) is 25.6 Å². The predicted octanol–water partition coefficient (Wildman–Crippen LogP) is -1.29. The zero-order chi connectivity index (χ0) is 20.7. The van der Waals surface area contributed by atoms with Crippen molar-refractivity contribution in [2.75, 3.05) is 6.54 Å². The lowest BCUT2D eigenvalue weighted by Crippen LogP contribution is -2.71. The molecule has 6 N–H and O–H groups in total. The quantitative estimate of drug-likeness (QED) is 0.457. The molecule has 2 fully saturated rings. The molecule has 10 nitrogen and oxygen atoms in total. The van der Waals surface area contributed by atoms with Gasteiger partial charge in [0.05, 0.1) is 12.9 Å². The molecule has 4 atom stereocenters. The summed E-state index contributed by atoms with van der Waals surface area (Å²) in [5.41, 5.74) is 11.7. The first-order chi connectivity index (χ1) is 13.1. The Kier molecular flexibility index (Phi) is 5.11. The van der Waals surface area contributed by atoms with Crippen molar-refractivity contribution in [1.82, 2.24) is 15.3 Å². The van der Waals surface area contributed by atoms with Gasteiger partial charge < -0.3 is 21.8 Å². The Morgan fingerprint density at radius 3 is 2.64 bits per heavy atom. The van der Waals surface area contributed by atoms with E-state index in [4.69, 9.17) is 11.5 Å². The lowest BCUT2D eigenvalue weighted by molar-refractivity contribution is -0.784. The monoisotopic (exact) mass is 391 g/mol. The fourth-order valence-corrected chi connectivity index (χ4v) is 4.47. The van der Waals surface area contributed by atoms with Gasteiger partial charge in [-0.3, -0.25) is 9.59 Å². The third-order valence-electron chi connectivity index (χ3n) is 5.90. The molecule has 0 aromatic carbocycles. The molecular weight excluding hydrogens is 364 g/mol. The zero-order valence-electron chi connectivity index (χ0n) is 16.1. The van der Waals surface area contributed by atoms with Gasteiger partial charge in [-0.15, -0.1) is 0 Å². The summed E-state index contributed by atoms with van der Waals surface area (Å²) in [5, 5.41) is 2.68. The van der Waals surface area contributed by atoms with Crippen molar-refractivity contribution in [2.45, 2.75) is 57.7 Å². The number of nitrogens with zero attached hydrogens (tertiary/aromatic N) is 2. The van der Waals surface area contributed by atoms with Crippen LogP contribution in [0.25, 0.3) is 0 Å². The molecule has 28 heavy (non-hydrogen) atoms. The summed E-state index contributed by atoms with van der Waals surface area (Å²) in [4.78, 5) is 58.0. The number of nitrogens with one attached hydrogen (secondary N) is 2. The molecule has 10 heteroatoms. The van der Waals surface area contributed by atoms with Crippen LogP contribution in [0.2, 0.25) is 0 Å². The second-order valence-corrected chi connectivity index (χ2v) is 8.38. The standard InChI is InChI=1S/C18H26N6O4/c1-18(2)7-13(25)23-14(18)17(28)24(5-3-4-12(24)15(20)26)16(27)11(19)6-10-8-21-9-22-10/h8-9,11-12,14H,3-7,19H2,1-2H3,(H3-,20,21,22,23,25,26)/p+1/t11-,12-,14+,24?/m0/s1. The molecule has 2 saturated heterocycles. The summed E-state index contributed by atoms with van der Waals surface area (Å²) in [6.07, 6.45) is 4.15. The van der Waals surface area contributed by atoms with Crippen molar-refractivity contribution in [3.63, 3.8) is 0 Å². The van der Waals surface area contributed by atoms with E-state index in [0.717, 1.165) is 0 Å². The maximum absolute atomic E-state index is 13.6. The molecule has 3 heterocycles. The predicted molar refractivity (Wildman–Crippen MR) is 98.0 cm³/mol. The van der Waals surface area contributed by atoms with E-state index in [2.05, 4.69) is 15.3 Å².